The number of aliphatic hydroxyl groups is 1. The Bertz CT molecular complexity index is 1560. The summed E-state index contributed by atoms with van der Waals surface area (Å²) in [5, 5.41) is 10.0. The number of nitrogens with zero attached hydrogens (tertiary/aromatic N) is 4. The average molecular weight is 690 g/mol. The zero-order chi connectivity index (χ0) is 35.3. The summed E-state index contributed by atoms with van der Waals surface area (Å²) in [4.78, 5) is 52.5. The summed E-state index contributed by atoms with van der Waals surface area (Å²) in [6.07, 6.45) is -1.36. The second-order valence-electron chi connectivity index (χ2n) is 13.6. The van der Waals surface area contributed by atoms with Gasteiger partial charge in [-0.05, 0) is 92.5 Å². The maximum absolute atomic E-state index is 14.0. The fourth-order valence-electron chi connectivity index (χ4n) is 4.11. The van der Waals surface area contributed by atoms with Crippen LogP contribution in [0.1, 0.15) is 73.4 Å². The second-order valence-corrected chi connectivity index (χ2v) is 14.5. The highest BCUT2D eigenvalue weighted by molar-refractivity contribution is 6.36. The van der Waals surface area contributed by atoms with Crippen LogP contribution in [-0.2, 0) is 27.2 Å². The van der Waals surface area contributed by atoms with E-state index in [1.807, 2.05) is 12.1 Å². The van der Waals surface area contributed by atoms with Crippen LogP contribution in [0.2, 0.25) is 10.0 Å². The first kappa shape index (κ1) is 37.5. The van der Waals surface area contributed by atoms with Crippen molar-refractivity contribution >= 4 is 53.1 Å². The molecular formula is C34H42Cl2N4O7. The van der Waals surface area contributed by atoms with Crippen molar-refractivity contribution in [1.29, 1.82) is 0 Å². The van der Waals surface area contributed by atoms with Gasteiger partial charge in [0.1, 0.15) is 16.8 Å². The standard InChI is InChI=1S/C34H42Cl2N4O7/c1-32(2,3)45-29(42)39(20-23-24(35)14-11-15-25(23)36)28-27(37-19-26(38-28)22-13-10-12-21(18-22)16-17-41)40(30(43)46-33(4,5)6)31(44)47-34(7,8)9/h10-15,18-19,41H,16-17,20H2,1-9H3. The molecule has 1 aromatic heterocycles. The number of hydrogen-bond acceptors (Lipinski definition) is 9. The van der Waals surface area contributed by atoms with Gasteiger partial charge in [-0.3, -0.25) is 4.90 Å². The molecule has 0 aliphatic rings. The number of anilines is 2. The second kappa shape index (κ2) is 14.9. The first-order chi connectivity index (χ1) is 21.7. The fourth-order valence-corrected chi connectivity index (χ4v) is 4.63. The monoisotopic (exact) mass is 688 g/mol. The van der Waals surface area contributed by atoms with Crippen LogP contribution in [0, 0.1) is 0 Å². The Balaban J connectivity index is 2.40. The zero-order valence-electron chi connectivity index (χ0n) is 28.2. The van der Waals surface area contributed by atoms with Gasteiger partial charge in [0.2, 0.25) is 0 Å². The molecule has 0 atom stereocenters. The predicted molar refractivity (Wildman–Crippen MR) is 182 cm³/mol. The number of hydrogen-bond donors (Lipinski definition) is 1. The summed E-state index contributed by atoms with van der Waals surface area (Å²) in [6, 6.07) is 12.1. The molecule has 3 rings (SSSR count). The van der Waals surface area contributed by atoms with Crippen LogP contribution in [0.5, 0.6) is 0 Å². The van der Waals surface area contributed by atoms with Gasteiger partial charge in [0.25, 0.3) is 0 Å². The van der Waals surface area contributed by atoms with E-state index in [9.17, 15) is 19.5 Å². The summed E-state index contributed by atoms with van der Waals surface area (Å²) in [6.45, 7) is 14.6. The van der Waals surface area contributed by atoms with E-state index in [1.54, 1.807) is 92.6 Å². The Hall–Kier alpha value is -3.93. The van der Waals surface area contributed by atoms with Crippen molar-refractivity contribution in [2.45, 2.75) is 92.1 Å². The lowest BCUT2D eigenvalue weighted by Gasteiger charge is -2.32. The summed E-state index contributed by atoms with van der Waals surface area (Å²) < 4.78 is 17.0. The van der Waals surface area contributed by atoms with E-state index < -0.39 is 35.1 Å². The van der Waals surface area contributed by atoms with Gasteiger partial charge in [0.15, 0.2) is 11.6 Å². The van der Waals surface area contributed by atoms with Crippen LogP contribution in [-0.4, -0.2) is 56.8 Å². The van der Waals surface area contributed by atoms with Gasteiger partial charge in [-0.15, -0.1) is 0 Å². The number of benzene rings is 2. The molecule has 0 bridgehead atoms. The molecule has 1 N–H and O–H groups in total. The van der Waals surface area contributed by atoms with E-state index >= 15 is 0 Å². The number of amides is 3. The predicted octanol–water partition coefficient (Wildman–Crippen LogP) is 8.60. The van der Waals surface area contributed by atoms with Gasteiger partial charge in [0, 0.05) is 27.8 Å². The van der Waals surface area contributed by atoms with Gasteiger partial charge < -0.3 is 19.3 Å². The smallest absolute Gasteiger partial charge is 0.425 e. The van der Waals surface area contributed by atoms with Crippen molar-refractivity contribution in [2.24, 2.45) is 0 Å². The quantitative estimate of drug-likeness (QED) is 0.242. The van der Waals surface area contributed by atoms with E-state index in [2.05, 4.69) is 4.98 Å². The van der Waals surface area contributed by atoms with E-state index in [1.165, 1.54) is 6.20 Å². The highest BCUT2D eigenvalue weighted by atomic mass is 35.5. The van der Waals surface area contributed by atoms with E-state index in [0.717, 1.165) is 10.5 Å². The van der Waals surface area contributed by atoms with Crippen LogP contribution in [0.15, 0.2) is 48.7 Å². The number of aliphatic hydroxyl groups excluding tert-OH is 1. The zero-order valence-corrected chi connectivity index (χ0v) is 29.7. The lowest BCUT2D eigenvalue weighted by Crippen LogP contribution is -2.46. The van der Waals surface area contributed by atoms with Gasteiger partial charge in [0.05, 0.1) is 18.4 Å². The molecule has 13 heteroatoms. The number of aromatic nitrogens is 2. The minimum Gasteiger partial charge on any atom is -0.443 e. The number of ether oxygens (including phenoxy) is 3. The molecule has 254 valence electrons. The summed E-state index contributed by atoms with van der Waals surface area (Å²) in [5.41, 5.74) is -0.936. The van der Waals surface area contributed by atoms with Crippen LogP contribution in [0.4, 0.5) is 26.0 Å². The lowest BCUT2D eigenvalue weighted by molar-refractivity contribution is 0.0425. The highest BCUT2D eigenvalue weighted by Crippen LogP contribution is 2.35. The Morgan fingerprint density at radius 2 is 1.28 bits per heavy atom. The molecule has 11 nitrogen and oxygen atoms in total. The van der Waals surface area contributed by atoms with Gasteiger partial charge in [-0.25, -0.2) is 24.4 Å². The molecule has 47 heavy (non-hydrogen) atoms. The van der Waals surface area contributed by atoms with Gasteiger partial charge in [-0.2, -0.15) is 4.90 Å². The number of rotatable bonds is 7. The number of carbonyl (C=O) groups is 3. The van der Waals surface area contributed by atoms with Crippen LogP contribution in [0.3, 0.4) is 0 Å². The normalized spacial score (nSPS) is 11.9. The van der Waals surface area contributed by atoms with Crippen molar-refractivity contribution < 1.29 is 33.7 Å². The molecule has 1 heterocycles. The third kappa shape index (κ3) is 10.8. The summed E-state index contributed by atoms with van der Waals surface area (Å²) in [5.74, 6) is -0.602. The third-order valence-electron chi connectivity index (χ3n) is 5.97. The lowest BCUT2D eigenvalue weighted by atomic mass is 10.1. The SMILES string of the molecule is CC(C)(C)OC(=O)N(Cc1c(Cl)cccc1Cl)c1nc(-c2cccc(CCO)c2)cnc1N(C(=O)OC(C)(C)C)C(=O)OC(C)(C)C. The van der Waals surface area contributed by atoms with Gasteiger partial charge in [-0.1, -0.05) is 47.5 Å². The molecule has 0 aliphatic carbocycles. The van der Waals surface area contributed by atoms with Crippen molar-refractivity contribution in [2.75, 3.05) is 16.4 Å². The topological polar surface area (TPSA) is 131 Å². The maximum Gasteiger partial charge on any atom is 0.425 e. The average Bonchev–Trinajstić information content (AvgIpc) is 2.91. The molecule has 2 aromatic carbocycles. The van der Waals surface area contributed by atoms with Gasteiger partial charge >= 0.3 is 18.3 Å². The summed E-state index contributed by atoms with van der Waals surface area (Å²) in [7, 11) is 0. The van der Waals surface area contributed by atoms with E-state index in [-0.39, 0.29) is 40.5 Å². The minimum absolute atomic E-state index is 0.0644. The Morgan fingerprint density at radius 3 is 1.79 bits per heavy atom. The molecule has 0 unspecified atom stereocenters. The van der Waals surface area contributed by atoms with E-state index in [4.69, 9.17) is 42.4 Å². The summed E-state index contributed by atoms with van der Waals surface area (Å²) >= 11 is 13.1. The molecule has 0 spiro atoms. The molecule has 3 amide bonds. The first-order valence-corrected chi connectivity index (χ1v) is 15.7. The fraction of sp³-hybridized carbons (Fsp3) is 0.441. The molecular weight excluding hydrogens is 647 g/mol. The van der Waals surface area contributed by atoms with Crippen molar-refractivity contribution in [3.8, 4) is 11.3 Å². The largest absolute Gasteiger partial charge is 0.443 e. The Labute approximate surface area is 285 Å². The maximum atomic E-state index is 14.0. The molecule has 3 aromatic rings. The molecule has 0 aliphatic heterocycles. The molecule has 0 radical (unpaired) electrons. The first-order valence-electron chi connectivity index (χ1n) is 15.0. The number of halogens is 2. The Morgan fingerprint density at radius 1 is 0.766 bits per heavy atom. The van der Waals surface area contributed by atoms with Crippen molar-refractivity contribution in [3.63, 3.8) is 0 Å². The molecule has 0 fully saturated rings. The number of imide groups is 1. The van der Waals surface area contributed by atoms with Crippen LogP contribution >= 0.6 is 23.2 Å². The van der Waals surface area contributed by atoms with Crippen LogP contribution in [0.25, 0.3) is 11.3 Å². The number of carbonyl (C=O) groups excluding carboxylic acids is 3. The molecule has 0 saturated heterocycles. The van der Waals surface area contributed by atoms with E-state index in [0.29, 0.717) is 22.4 Å². The van der Waals surface area contributed by atoms with Crippen molar-refractivity contribution in [3.05, 3.63) is 69.8 Å². The third-order valence-corrected chi connectivity index (χ3v) is 6.68. The Kier molecular flexibility index (Phi) is 11.9. The van der Waals surface area contributed by atoms with Crippen LogP contribution < -0.4 is 9.80 Å². The minimum atomic E-state index is -1.11. The highest BCUT2D eigenvalue weighted by Gasteiger charge is 2.39. The van der Waals surface area contributed by atoms with Crippen molar-refractivity contribution in [1.82, 2.24) is 9.97 Å². The molecule has 0 saturated carbocycles.